The number of hydrogen-bond acceptors (Lipinski definition) is 7. The summed E-state index contributed by atoms with van der Waals surface area (Å²) in [5.41, 5.74) is 4.85. The van der Waals surface area contributed by atoms with Crippen LogP contribution in [-0.2, 0) is 14.3 Å². The Kier molecular flexibility index (Phi) is 5.55. The zero-order chi connectivity index (χ0) is 21.9. The maximum absolute atomic E-state index is 12.2. The van der Waals surface area contributed by atoms with E-state index in [-0.39, 0.29) is 11.9 Å². The molecule has 0 bridgehead atoms. The Balaban J connectivity index is 1.33. The van der Waals surface area contributed by atoms with E-state index in [1.54, 1.807) is 19.6 Å². The molecule has 1 aliphatic carbocycles. The number of aromatic nitrogens is 5. The smallest absolute Gasteiger partial charge is 0.309 e. The van der Waals surface area contributed by atoms with Crippen LogP contribution in [0.5, 0.6) is 0 Å². The summed E-state index contributed by atoms with van der Waals surface area (Å²) in [7, 11) is 1.59. The molecule has 0 spiro atoms. The summed E-state index contributed by atoms with van der Waals surface area (Å²) >= 11 is 0. The third-order valence-electron chi connectivity index (χ3n) is 5.75. The quantitative estimate of drug-likeness (QED) is 0.299. The van der Waals surface area contributed by atoms with Crippen LogP contribution < -0.4 is 5.32 Å². The molecular weight excluding hydrogens is 408 g/mol. The number of carbonyl (C=O) groups is 1. The van der Waals surface area contributed by atoms with E-state index in [0.717, 1.165) is 52.0 Å². The molecule has 0 saturated carbocycles. The number of ether oxygens (including phenoxy) is 2. The van der Waals surface area contributed by atoms with Gasteiger partial charge in [-0.15, -0.1) is 0 Å². The highest BCUT2D eigenvalue weighted by atomic mass is 16.6. The SMILES string of the molecule is COCCOC(=O)C1CC=C(c2cc3c(Nc4ccc5[nH]ncc5c4)ncnc3[nH]2)CC1. The molecule has 164 valence electrons. The zero-order valence-electron chi connectivity index (χ0n) is 17.7. The molecule has 0 fully saturated rings. The summed E-state index contributed by atoms with van der Waals surface area (Å²) < 4.78 is 10.2. The van der Waals surface area contributed by atoms with E-state index in [4.69, 9.17) is 9.47 Å². The fourth-order valence-corrected chi connectivity index (χ4v) is 4.01. The third-order valence-corrected chi connectivity index (χ3v) is 5.75. The summed E-state index contributed by atoms with van der Waals surface area (Å²) in [6, 6.07) is 8.06. The predicted molar refractivity (Wildman–Crippen MR) is 121 cm³/mol. The van der Waals surface area contributed by atoms with Gasteiger partial charge < -0.3 is 19.8 Å². The predicted octanol–water partition coefficient (Wildman–Crippen LogP) is 3.95. The van der Waals surface area contributed by atoms with E-state index in [2.05, 4.69) is 42.6 Å². The van der Waals surface area contributed by atoms with Crippen LogP contribution in [0.3, 0.4) is 0 Å². The Morgan fingerprint density at radius 1 is 1.25 bits per heavy atom. The molecule has 1 unspecified atom stereocenters. The second-order valence-corrected chi connectivity index (χ2v) is 7.83. The number of H-pyrrole nitrogens is 2. The first-order valence-corrected chi connectivity index (χ1v) is 10.6. The summed E-state index contributed by atoms with van der Waals surface area (Å²) in [5, 5.41) is 12.3. The van der Waals surface area contributed by atoms with Gasteiger partial charge in [-0.2, -0.15) is 5.10 Å². The monoisotopic (exact) mass is 432 g/mol. The molecule has 0 radical (unpaired) electrons. The zero-order valence-corrected chi connectivity index (χ0v) is 17.7. The highest BCUT2D eigenvalue weighted by Crippen LogP contribution is 2.33. The number of methoxy groups -OCH3 is 1. The Labute approximate surface area is 184 Å². The lowest BCUT2D eigenvalue weighted by Gasteiger charge is -2.20. The van der Waals surface area contributed by atoms with E-state index in [0.29, 0.717) is 19.6 Å². The van der Waals surface area contributed by atoms with Crippen LogP contribution in [-0.4, -0.2) is 51.4 Å². The lowest BCUT2D eigenvalue weighted by molar-refractivity contribution is -0.150. The molecule has 9 heteroatoms. The first-order valence-electron chi connectivity index (χ1n) is 10.6. The maximum atomic E-state index is 12.2. The minimum atomic E-state index is -0.152. The first-order chi connectivity index (χ1) is 15.7. The van der Waals surface area contributed by atoms with Crippen LogP contribution in [0, 0.1) is 5.92 Å². The van der Waals surface area contributed by atoms with Crippen molar-refractivity contribution in [1.29, 1.82) is 0 Å². The van der Waals surface area contributed by atoms with Crippen molar-refractivity contribution in [3.05, 3.63) is 48.6 Å². The summed E-state index contributed by atoms with van der Waals surface area (Å²) in [4.78, 5) is 24.4. The molecule has 0 saturated heterocycles. The minimum Gasteiger partial charge on any atom is -0.463 e. The summed E-state index contributed by atoms with van der Waals surface area (Å²) in [5.74, 6) is 0.479. The molecule has 0 amide bonds. The van der Waals surface area contributed by atoms with Gasteiger partial charge in [0.15, 0.2) is 0 Å². The van der Waals surface area contributed by atoms with Gasteiger partial charge >= 0.3 is 5.97 Å². The number of esters is 1. The Bertz CT molecular complexity index is 1290. The summed E-state index contributed by atoms with van der Waals surface area (Å²) in [6.45, 7) is 0.717. The van der Waals surface area contributed by atoms with E-state index in [9.17, 15) is 4.79 Å². The average Bonchev–Trinajstić information content (AvgIpc) is 3.46. The number of allylic oxidation sites excluding steroid dienone is 2. The fraction of sp³-hybridized carbons (Fsp3) is 0.304. The van der Waals surface area contributed by atoms with Gasteiger partial charge in [-0.05, 0) is 49.1 Å². The largest absolute Gasteiger partial charge is 0.463 e. The van der Waals surface area contributed by atoms with Crippen LogP contribution in [0.1, 0.15) is 25.0 Å². The molecule has 3 aromatic heterocycles. The fourth-order valence-electron chi connectivity index (χ4n) is 4.01. The van der Waals surface area contributed by atoms with E-state index in [1.165, 1.54) is 5.57 Å². The topological polar surface area (TPSA) is 118 Å². The van der Waals surface area contributed by atoms with Gasteiger partial charge in [0.05, 0.1) is 29.6 Å². The number of fused-ring (bicyclic) bond motifs is 2. The van der Waals surface area contributed by atoms with Crippen LogP contribution in [0.2, 0.25) is 0 Å². The molecule has 1 aromatic carbocycles. The van der Waals surface area contributed by atoms with E-state index < -0.39 is 0 Å². The Morgan fingerprint density at radius 2 is 2.19 bits per heavy atom. The highest BCUT2D eigenvalue weighted by Gasteiger charge is 2.24. The van der Waals surface area contributed by atoms with Crippen LogP contribution in [0.25, 0.3) is 27.5 Å². The van der Waals surface area contributed by atoms with Gasteiger partial charge in [-0.1, -0.05) is 6.08 Å². The number of nitrogens with one attached hydrogen (secondary N) is 3. The molecule has 1 aliphatic rings. The molecule has 3 N–H and O–H groups in total. The van der Waals surface area contributed by atoms with Crippen LogP contribution in [0.4, 0.5) is 11.5 Å². The normalized spacial score (nSPS) is 16.3. The van der Waals surface area contributed by atoms with Crippen molar-refractivity contribution in [2.24, 2.45) is 5.92 Å². The second-order valence-electron chi connectivity index (χ2n) is 7.83. The molecule has 3 heterocycles. The van der Waals surface area contributed by atoms with Crippen molar-refractivity contribution >= 4 is 45.0 Å². The lowest BCUT2D eigenvalue weighted by atomic mass is 9.88. The van der Waals surface area contributed by atoms with Gasteiger partial charge in [0.25, 0.3) is 0 Å². The molecule has 32 heavy (non-hydrogen) atoms. The summed E-state index contributed by atoms with van der Waals surface area (Å²) in [6.07, 6.45) is 7.67. The molecule has 5 rings (SSSR count). The number of aromatic amines is 2. The number of anilines is 2. The molecular formula is C23H24N6O3. The number of nitrogens with zero attached hydrogens (tertiary/aromatic N) is 3. The third kappa shape index (κ3) is 4.06. The Morgan fingerprint density at radius 3 is 3.03 bits per heavy atom. The van der Waals surface area contributed by atoms with E-state index >= 15 is 0 Å². The van der Waals surface area contributed by atoms with E-state index in [1.807, 2.05) is 18.2 Å². The molecule has 1 atom stereocenters. The maximum Gasteiger partial charge on any atom is 0.309 e. The van der Waals surface area contributed by atoms with Crippen molar-refractivity contribution in [2.75, 3.05) is 25.6 Å². The number of rotatable bonds is 7. The Hall–Kier alpha value is -3.72. The molecule has 0 aliphatic heterocycles. The van der Waals surface area contributed by atoms with Gasteiger partial charge in [-0.3, -0.25) is 9.89 Å². The van der Waals surface area contributed by atoms with Crippen molar-refractivity contribution in [2.45, 2.75) is 19.3 Å². The molecule has 9 nitrogen and oxygen atoms in total. The average molecular weight is 432 g/mol. The van der Waals surface area contributed by atoms with Gasteiger partial charge in [-0.25, -0.2) is 9.97 Å². The number of carbonyl (C=O) groups excluding carboxylic acids is 1. The van der Waals surface area contributed by atoms with Gasteiger partial charge in [0, 0.05) is 23.9 Å². The lowest BCUT2D eigenvalue weighted by Crippen LogP contribution is -2.21. The second kappa shape index (κ2) is 8.80. The van der Waals surface area contributed by atoms with Gasteiger partial charge in [0.2, 0.25) is 0 Å². The van der Waals surface area contributed by atoms with Crippen molar-refractivity contribution in [1.82, 2.24) is 25.1 Å². The standard InChI is InChI=1S/C23H24N6O3/c1-31-8-9-32-23(30)15-4-2-14(3-5-15)20-11-18-21(24-13-25-22(18)28-20)27-17-6-7-19-16(10-17)12-26-29-19/h2,6-7,10-13,15H,3-5,8-9H2,1H3,(H,26,29)(H2,24,25,27,28). The van der Waals surface area contributed by atoms with Crippen molar-refractivity contribution in [3.8, 4) is 0 Å². The number of benzene rings is 1. The van der Waals surface area contributed by atoms with Crippen molar-refractivity contribution < 1.29 is 14.3 Å². The minimum absolute atomic E-state index is 0.102. The van der Waals surface area contributed by atoms with Crippen LogP contribution >= 0.6 is 0 Å². The number of hydrogen-bond donors (Lipinski definition) is 3. The van der Waals surface area contributed by atoms with Gasteiger partial charge in [0.1, 0.15) is 24.4 Å². The first kappa shape index (κ1) is 20.2. The van der Waals surface area contributed by atoms with Crippen LogP contribution in [0.15, 0.2) is 42.9 Å². The molecule has 4 aromatic rings. The highest BCUT2D eigenvalue weighted by molar-refractivity contribution is 5.93. The van der Waals surface area contributed by atoms with Crippen molar-refractivity contribution in [3.63, 3.8) is 0 Å².